The van der Waals surface area contributed by atoms with E-state index in [1.807, 2.05) is 18.2 Å². The number of halogens is 2. The summed E-state index contributed by atoms with van der Waals surface area (Å²) in [5, 5.41) is 3.20. The molecular formula is C22H16Cl2N2O3. The summed E-state index contributed by atoms with van der Waals surface area (Å²) in [7, 11) is 0. The normalized spacial score (nSPS) is 26.9. The van der Waals surface area contributed by atoms with Gasteiger partial charge in [0, 0.05) is 5.56 Å². The third-order valence-corrected chi connectivity index (χ3v) is 6.76. The fourth-order valence-electron chi connectivity index (χ4n) is 4.75. The Morgan fingerprint density at radius 3 is 2.14 bits per heavy atom. The zero-order valence-electron chi connectivity index (χ0n) is 15.1. The molecule has 146 valence electrons. The lowest BCUT2D eigenvalue weighted by Gasteiger charge is -2.21. The van der Waals surface area contributed by atoms with Crippen LogP contribution in [0.15, 0.2) is 54.6 Å². The van der Waals surface area contributed by atoms with Crippen molar-refractivity contribution < 1.29 is 14.4 Å². The van der Waals surface area contributed by atoms with Crippen molar-refractivity contribution in [2.75, 3.05) is 10.2 Å². The van der Waals surface area contributed by atoms with Crippen LogP contribution < -0.4 is 10.2 Å². The first-order valence-electron chi connectivity index (χ1n) is 9.37. The van der Waals surface area contributed by atoms with E-state index < -0.39 is 0 Å². The number of nitrogens with one attached hydrogen (secondary N) is 1. The zero-order chi connectivity index (χ0) is 20.3. The quantitative estimate of drug-likeness (QED) is 0.577. The molecule has 2 fully saturated rings. The molecule has 2 bridgehead atoms. The lowest BCUT2D eigenvalue weighted by atomic mass is 9.85. The molecule has 4 atom stereocenters. The lowest BCUT2D eigenvalue weighted by Crippen LogP contribution is -2.33. The van der Waals surface area contributed by atoms with Gasteiger partial charge in [-0.2, -0.15) is 0 Å². The van der Waals surface area contributed by atoms with Crippen molar-refractivity contribution in [2.24, 2.45) is 23.7 Å². The second-order valence-corrected chi connectivity index (χ2v) is 8.43. The summed E-state index contributed by atoms with van der Waals surface area (Å²) in [5.74, 6) is -1.36. The molecule has 5 rings (SSSR count). The Morgan fingerprint density at radius 2 is 1.52 bits per heavy atom. The highest BCUT2D eigenvalue weighted by Gasteiger charge is 2.59. The predicted octanol–water partition coefficient (Wildman–Crippen LogP) is 4.56. The smallest absolute Gasteiger partial charge is 0.255 e. The Balaban J connectivity index is 1.54. The molecule has 0 radical (unpaired) electrons. The minimum absolute atomic E-state index is 0.0941. The van der Waals surface area contributed by atoms with Gasteiger partial charge in [-0.1, -0.05) is 53.6 Å². The average Bonchev–Trinajstić information content (AvgIpc) is 3.39. The van der Waals surface area contributed by atoms with Gasteiger partial charge in [-0.3, -0.25) is 14.4 Å². The topological polar surface area (TPSA) is 66.5 Å². The van der Waals surface area contributed by atoms with Crippen LogP contribution in [0.5, 0.6) is 0 Å². The first-order valence-corrected chi connectivity index (χ1v) is 10.1. The van der Waals surface area contributed by atoms with E-state index in [1.165, 1.54) is 17.0 Å². The minimum Gasteiger partial charge on any atom is -0.320 e. The van der Waals surface area contributed by atoms with E-state index in [1.54, 1.807) is 24.3 Å². The van der Waals surface area contributed by atoms with E-state index in [2.05, 4.69) is 5.32 Å². The van der Waals surface area contributed by atoms with E-state index in [0.717, 1.165) is 6.42 Å². The zero-order valence-corrected chi connectivity index (χ0v) is 16.7. The number of amides is 3. The van der Waals surface area contributed by atoms with Crippen LogP contribution in [0.25, 0.3) is 0 Å². The SMILES string of the molecule is O=C(Nc1cc(Cl)c(Cl)cc1N1C(=O)[C@@H]2[C@H](C1=O)[C@@H]1C=C[C@H]2C1)c1ccccc1. The molecule has 3 aliphatic rings. The van der Waals surface area contributed by atoms with Gasteiger partial charge in [0.25, 0.3) is 5.91 Å². The molecule has 29 heavy (non-hydrogen) atoms. The number of benzene rings is 2. The third kappa shape index (κ3) is 2.80. The number of carbonyl (C=O) groups excluding carboxylic acids is 3. The molecule has 0 unspecified atom stereocenters. The highest BCUT2D eigenvalue weighted by atomic mass is 35.5. The van der Waals surface area contributed by atoms with Crippen molar-refractivity contribution in [3.05, 3.63) is 70.2 Å². The largest absolute Gasteiger partial charge is 0.320 e. The molecular weight excluding hydrogens is 411 g/mol. The highest BCUT2D eigenvalue weighted by Crippen LogP contribution is 2.54. The van der Waals surface area contributed by atoms with Crippen molar-refractivity contribution in [1.29, 1.82) is 0 Å². The molecule has 1 N–H and O–H groups in total. The first-order chi connectivity index (χ1) is 14.0. The summed E-state index contributed by atoms with van der Waals surface area (Å²) in [6, 6.07) is 11.6. The standard InChI is InChI=1S/C22H16Cl2N2O3/c23-14-9-16(25-20(27)11-4-2-1-3-5-11)17(10-15(14)24)26-21(28)18-12-6-7-13(8-12)19(18)22(26)29/h1-7,9-10,12-13,18-19H,8H2,(H,25,27)/t12-,13+,18-,19+. The molecule has 2 aromatic carbocycles. The minimum atomic E-state index is -0.369. The Labute approximate surface area is 177 Å². The van der Waals surface area contributed by atoms with Gasteiger partial charge in [0.2, 0.25) is 11.8 Å². The van der Waals surface area contributed by atoms with Crippen LogP contribution in [0.4, 0.5) is 11.4 Å². The van der Waals surface area contributed by atoms with E-state index in [9.17, 15) is 14.4 Å². The number of rotatable bonds is 3. The van der Waals surface area contributed by atoms with Crippen LogP contribution in [0.2, 0.25) is 10.0 Å². The first kappa shape index (κ1) is 18.4. The molecule has 7 heteroatoms. The van der Waals surface area contributed by atoms with E-state index >= 15 is 0 Å². The van der Waals surface area contributed by atoms with Crippen LogP contribution in [0, 0.1) is 23.7 Å². The Morgan fingerprint density at radius 1 is 0.931 bits per heavy atom. The van der Waals surface area contributed by atoms with Crippen LogP contribution in [-0.2, 0) is 9.59 Å². The fraction of sp³-hybridized carbons (Fsp3) is 0.227. The predicted molar refractivity (Wildman–Crippen MR) is 111 cm³/mol. The van der Waals surface area contributed by atoms with Gasteiger partial charge in [0.15, 0.2) is 0 Å². The molecule has 3 amide bonds. The monoisotopic (exact) mass is 426 g/mol. The Bertz CT molecular complexity index is 1050. The number of hydrogen-bond donors (Lipinski definition) is 1. The van der Waals surface area contributed by atoms with E-state index in [0.29, 0.717) is 5.56 Å². The molecule has 5 nitrogen and oxygen atoms in total. The maximum absolute atomic E-state index is 13.2. The number of anilines is 2. The maximum atomic E-state index is 13.2. The number of carbonyl (C=O) groups is 3. The van der Waals surface area contributed by atoms with Gasteiger partial charge in [-0.05, 0) is 42.5 Å². The highest BCUT2D eigenvalue weighted by molar-refractivity contribution is 6.43. The lowest BCUT2D eigenvalue weighted by molar-refractivity contribution is -0.123. The van der Waals surface area contributed by atoms with Gasteiger partial charge in [-0.15, -0.1) is 0 Å². The summed E-state index contributed by atoms with van der Waals surface area (Å²) in [6.45, 7) is 0. The van der Waals surface area contributed by atoms with Crippen molar-refractivity contribution in [2.45, 2.75) is 6.42 Å². The maximum Gasteiger partial charge on any atom is 0.255 e. The molecule has 1 saturated heterocycles. The summed E-state index contributed by atoms with van der Waals surface area (Å²) in [6.07, 6.45) is 4.92. The second kappa shape index (κ2) is 6.71. The molecule has 0 aromatic heterocycles. The van der Waals surface area contributed by atoms with Gasteiger partial charge < -0.3 is 5.32 Å². The molecule has 0 spiro atoms. The summed E-state index contributed by atoms with van der Waals surface area (Å²) < 4.78 is 0. The molecule has 1 aliphatic heterocycles. The molecule has 2 aliphatic carbocycles. The third-order valence-electron chi connectivity index (χ3n) is 6.03. The van der Waals surface area contributed by atoms with Crippen molar-refractivity contribution in [3.63, 3.8) is 0 Å². The average molecular weight is 427 g/mol. The Hall–Kier alpha value is -2.63. The number of hydrogen-bond acceptors (Lipinski definition) is 3. The number of fused-ring (bicyclic) bond motifs is 5. The van der Waals surface area contributed by atoms with Gasteiger partial charge in [0.05, 0.1) is 33.3 Å². The van der Waals surface area contributed by atoms with Crippen LogP contribution in [0.1, 0.15) is 16.8 Å². The van der Waals surface area contributed by atoms with Gasteiger partial charge in [-0.25, -0.2) is 4.90 Å². The second-order valence-electron chi connectivity index (χ2n) is 7.62. The number of imide groups is 1. The molecule has 1 heterocycles. The molecule has 2 aromatic rings. The summed E-state index contributed by atoms with van der Waals surface area (Å²) in [4.78, 5) is 40.2. The Kier molecular flexibility index (Phi) is 4.26. The summed E-state index contributed by atoms with van der Waals surface area (Å²) in [5.41, 5.74) is 0.977. The van der Waals surface area contributed by atoms with Gasteiger partial charge in [0.1, 0.15) is 0 Å². The fourth-order valence-corrected chi connectivity index (χ4v) is 5.07. The van der Waals surface area contributed by atoms with Gasteiger partial charge >= 0.3 is 0 Å². The van der Waals surface area contributed by atoms with E-state index in [-0.39, 0.29) is 62.8 Å². The summed E-state index contributed by atoms with van der Waals surface area (Å²) >= 11 is 12.4. The van der Waals surface area contributed by atoms with Crippen molar-refractivity contribution in [3.8, 4) is 0 Å². The molecule has 1 saturated carbocycles. The number of nitrogens with zero attached hydrogens (tertiary/aromatic N) is 1. The van der Waals surface area contributed by atoms with Crippen molar-refractivity contribution in [1.82, 2.24) is 0 Å². The van der Waals surface area contributed by atoms with E-state index in [4.69, 9.17) is 23.2 Å². The van der Waals surface area contributed by atoms with Crippen LogP contribution in [-0.4, -0.2) is 17.7 Å². The van der Waals surface area contributed by atoms with Crippen molar-refractivity contribution >= 4 is 52.3 Å². The van der Waals surface area contributed by atoms with Crippen LogP contribution in [0.3, 0.4) is 0 Å². The van der Waals surface area contributed by atoms with Crippen LogP contribution >= 0.6 is 23.2 Å². The number of allylic oxidation sites excluding steroid dienone is 2.